The number of aromatic nitrogens is 4. The van der Waals surface area contributed by atoms with Crippen molar-refractivity contribution in [3.8, 4) is 34.5 Å². The number of H-pyrrole nitrogens is 2. The lowest BCUT2D eigenvalue weighted by atomic mass is 10.1. The molecule has 0 aliphatic rings. The molecule has 4 N–H and O–H groups in total. The van der Waals surface area contributed by atoms with Crippen LogP contribution in [-0.2, 0) is 0 Å². The molecule has 36 heavy (non-hydrogen) atoms. The molecule has 0 bridgehead atoms. The van der Waals surface area contributed by atoms with Crippen LogP contribution in [0.15, 0.2) is 66.7 Å². The third-order valence-corrected chi connectivity index (χ3v) is 5.77. The number of benzene rings is 3. The fourth-order valence-electron chi connectivity index (χ4n) is 3.77. The highest BCUT2D eigenvalue weighted by Crippen LogP contribution is 2.29. The van der Waals surface area contributed by atoms with E-state index in [1.54, 1.807) is 31.4 Å². The molecule has 2 aromatic heterocycles. The molecule has 9 nitrogen and oxygen atoms in total. The summed E-state index contributed by atoms with van der Waals surface area (Å²) in [7, 11) is 1.59. The van der Waals surface area contributed by atoms with E-state index in [2.05, 4.69) is 31.3 Å². The van der Waals surface area contributed by atoms with Crippen LogP contribution in [0.25, 0.3) is 33.7 Å². The lowest BCUT2D eigenvalue weighted by Crippen LogP contribution is -2.02. The number of anilines is 2. The van der Waals surface area contributed by atoms with E-state index >= 15 is 0 Å². The van der Waals surface area contributed by atoms with Gasteiger partial charge in [-0.3, -0.25) is 0 Å². The van der Waals surface area contributed by atoms with Crippen molar-refractivity contribution in [2.75, 3.05) is 12.4 Å². The molecule has 0 fully saturated rings. The Morgan fingerprint density at radius 1 is 1.03 bits per heavy atom. The first-order valence-electron chi connectivity index (χ1n) is 10.7. The first-order chi connectivity index (χ1) is 17.4. The Bertz CT molecular complexity index is 1700. The lowest BCUT2D eigenvalue weighted by Gasteiger charge is -2.12. The third kappa shape index (κ3) is 4.38. The number of imidazole rings is 1. The van der Waals surface area contributed by atoms with E-state index in [-0.39, 0.29) is 10.3 Å². The number of carboxylic acids is 1. The summed E-state index contributed by atoms with van der Waals surface area (Å²) in [6, 6.07) is 21.6. The van der Waals surface area contributed by atoms with Gasteiger partial charge in [0.1, 0.15) is 23.2 Å². The van der Waals surface area contributed by atoms with Gasteiger partial charge < -0.3 is 25.1 Å². The van der Waals surface area contributed by atoms with Crippen LogP contribution in [0.4, 0.5) is 11.5 Å². The van der Waals surface area contributed by atoms with Crippen molar-refractivity contribution in [1.29, 1.82) is 5.26 Å². The molecule has 0 aliphatic heterocycles. The Balaban J connectivity index is 1.44. The van der Waals surface area contributed by atoms with Crippen molar-refractivity contribution in [2.45, 2.75) is 0 Å². The molecule has 0 radical (unpaired) electrons. The maximum Gasteiger partial charge on any atom is 0.335 e. The number of aromatic carboxylic acids is 1. The highest BCUT2D eigenvalue weighted by atomic mass is 32.1. The van der Waals surface area contributed by atoms with Gasteiger partial charge in [0.15, 0.2) is 10.6 Å². The minimum Gasteiger partial charge on any atom is -0.497 e. The van der Waals surface area contributed by atoms with Gasteiger partial charge in [-0.05, 0) is 84.5 Å². The predicted octanol–water partition coefficient (Wildman–Crippen LogP) is 5.67. The molecule has 3 aromatic carbocycles. The summed E-state index contributed by atoms with van der Waals surface area (Å²) >= 11 is 5.31. The second kappa shape index (κ2) is 9.32. The monoisotopic (exact) mass is 494 g/mol. The van der Waals surface area contributed by atoms with Gasteiger partial charge in [0.25, 0.3) is 0 Å². The Labute approximate surface area is 210 Å². The first kappa shape index (κ1) is 22.8. The topological polar surface area (TPSA) is 140 Å². The van der Waals surface area contributed by atoms with E-state index in [9.17, 15) is 15.2 Å². The van der Waals surface area contributed by atoms with Crippen LogP contribution in [0.2, 0.25) is 0 Å². The number of nitriles is 1. The van der Waals surface area contributed by atoms with Gasteiger partial charge in [0.2, 0.25) is 0 Å². The van der Waals surface area contributed by atoms with E-state index in [0.717, 1.165) is 11.1 Å². The van der Waals surface area contributed by atoms with Crippen LogP contribution in [0, 0.1) is 16.1 Å². The molecule has 0 atom stereocenters. The van der Waals surface area contributed by atoms with Crippen molar-refractivity contribution in [2.24, 2.45) is 0 Å². The zero-order valence-corrected chi connectivity index (χ0v) is 19.7. The molecule has 5 aromatic rings. The largest absolute Gasteiger partial charge is 0.497 e. The number of nitrogens with one attached hydrogen (secondary N) is 3. The minimum absolute atomic E-state index is 0.188. The van der Waals surface area contributed by atoms with Crippen LogP contribution < -0.4 is 10.1 Å². The summed E-state index contributed by atoms with van der Waals surface area (Å²) in [6.07, 6.45) is 0. The number of hydrogen-bond donors (Lipinski definition) is 4. The number of nitrogens with zero attached hydrogens (tertiary/aromatic N) is 3. The maximum absolute atomic E-state index is 11.2. The van der Waals surface area contributed by atoms with Crippen molar-refractivity contribution in [1.82, 2.24) is 19.9 Å². The third-order valence-electron chi connectivity index (χ3n) is 5.57. The smallest absolute Gasteiger partial charge is 0.335 e. The normalized spacial score (nSPS) is 10.7. The van der Waals surface area contributed by atoms with Crippen LogP contribution in [-0.4, -0.2) is 38.1 Å². The van der Waals surface area contributed by atoms with Gasteiger partial charge in [-0.15, -0.1) is 0 Å². The van der Waals surface area contributed by atoms with Crippen molar-refractivity contribution in [3.05, 3.63) is 82.6 Å². The van der Waals surface area contributed by atoms with Gasteiger partial charge in [-0.25, -0.2) is 14.8 Å². The van der Waals surface area contributed by atoms with Gasteiger partial charge in [0.05, 0.1) is 29.4 Å². The maximum atomic E-state index is 11.2. The number of methoxy groups -OCH3 is 1. The van der Waals surface area contributed by atoms with Crippen LogP contribution in [0.5, 0.6) is 5.75 Å². The number of rotatable bonds is 6. The SMILES string of the molecule is COc1ccc(-c2[nH]c(=S)nc(Nc3ccc(-c4nc5ccc(C(=O)O)cc5[nH]4)cc3)c2C#N)cc1. The zero-order chi connectivity index (χ0) is 25.2. The quantitative estimate of drug-likeness (QED) is 0.221. The summed E-state index contributed by atoms with van der Waals surface area (Å²) in [4.78, 5) is 26.3. The fraction of sp³-hybridized carbons (Fsp3) is 0.0385. The fourth-order valence-corrected chi connectivity index (χ4v) is 3.97. The van der Waals surface area contributed by atoms with Gasteiger partial charge >= 0.3 is 5.97 Å². The molecule has 0 spiro atoms. The van der Waals surface area contributed by atoms with E-state index in [0.29, 0.717) is 45.4 Å². The number of fused-ring (bicyclic) bond motifs is 1. The summed E-state index contributed by atoms with van der Waals surface area (Å²) in [5.41, 5.74) is 4.67. The minimum atomic E-state index is -0.996. The second-order valence-electron chi connectivity index (χ2n) is 7.81. The molecule has 10 heteroatoms. The number of aromatic amines is 2. The summed E-state index contributed by atoms with van der Waals surface area (Å²) in [6.45, 7) is 0. The van der Waals surface area contributed by atoms with Gasteiger partial charge in [0, 0.05) is 11.3 Å². The number of ether oxygens (including phenoxy) is 1. The summed E-state index contributed by atoms with van der Waals surface area (Å²) < 4.78 is 5.45. The number of hydrogen-bond acceptors (Lipinski definition) is 7. The predicted molar refractivity (Wildman–Crippen MR) is 138 cm³/mol. The highest BCUT2D eigenvalue weighted by Gasteiger charge is 2.14. The molecule has 0 amide bonds. The van der Waals surface area contributed by atoms with Crippen LogP contribution >= 0.6 is 12.2 Å². The molecule has 0 unspecified atom stereocenters. The van der Waals surface area contributed by atoms with Gasteiger partial charge in [-0.1, -0.05) is 0 Å². The summed E-state index contributed by atoms with van der Waals surface area (Å²) in [5, 5.41) is 22.3. The molecular weight excluding hydrogens is 476 g/mol. The van der Waals surface area contributed by atoms with Gasteiger partial charge in [-0.2, -0.15) is 5.26 Å². The van der Waals surface area contributed by atoms with Crippen LogP contribution in [0.3, 0.4) is 0 Å². The number of carboxylic acid groups (broad SMARTS) is 1. The first-order valence-corrected chi connectivity index (χ1v) is 11.2. The zero-order valence-electron chi connectivity index (χ0n) is 18.9. The molecule has 5 rings (SSSR count). The van der Waals surface area contributed by atoms with E-state index < -0.39 is 5.97 Å². The highest BCUT2D eigenvalue weighted by molar-refractivity contribution is 7.71. The molecule has 0 saturated heterocycles. The number of carbonyl (C=O) groups is 1. The molecule has 0 saturated carbocycles. The lowest BCUT2D eigenvalue weighted by molar-refractivity contribution is 0.0697. The average molecular weight is 495 g/mol. The van der Waals surface area contributed by atoms with Crippen LogP contribution in [0.1, 0.15) is 15.9 Å². The molecule has 0 aliphatic carbocycles. The Morgan fingerprint density at radius 2 is 1.75 bits per heavy atom. The molecule has 2 heterocycles. The Morgan fingerprint density at radius 3 is 2.42 bits per heavy atom. The van der Waals surface area contributed by atoms with E-state index in [4.69, 9.17) is 17.0 Å². The van der Waals surface area contributed by atoms with Crippen molar-refractivity contribution in [3.63, 3.8) is 0 Å². The average Bonchev–Trinajstić information content (AvgIpc) is 3.32. The van der Waals surface area contributed by atoms with Crippen molar-refractivity contribution >= 4 is 40.7 Å². The molecular formula is C26H18N6O3S. The Kier molecular flexibility index (Phi) is 5.90. The molecule has 176 valence electrons. The second-order valence-corrected chi connectivity index (χ2v) is 8.19. The Hall–Kier alpha value is -5.01. The summed E-state index contributed by atoms with van der Waals surface area (Å²) in [5.74, 6) is 0.656. The van der Waals surface area contributed by atoms with E-state index in [1.165, 1.54) is 6.07 Å². The standard InChI is InChI=1S/C26H18N6O3S/c1-35-18-9-4-14(5-10-18)22-19(13-27)24(32-26(36)31-22)28-17-7-2-15(3-8-17)23-29-20-11-6-16(25(33)34)12-21(20)30-23/h2-12H,1H3,(H,29,30)(H,33,34)(H2,28,31,32,36). The van der Waals surface area contributed by atoms with Crippen molar-refractivity contribution < 1.29 is 14.6 Å². The van der Waals surface area contributed by atoms with E-state index in [1.807, 2.05) is 36.4 Å².